The second-order valence-electron chi connectivity index (χ2n) is 11.0. The predicted molar refractivity (Wildman–Crippen MR) is 148 cm³/mol. The summed E-state index contributed by atoms with van der Waals surface area (Å²) in [5.74, 6) is 0.466. The number of benzene rings is 2. The third-order valence-corrected chi connectivity index (χ3v) is 9.33. The first-order valence-corrected chi connectivity index (χ1v) is 15.1. The molecule has 0 aromatic heterocycles. The molecule has 2 aromatic rings. The summed E-state index contributed by atoms with van der Waals surface area (Å²) in [5.41, 5.74) is 0.868. The van der Waals surface area contributed by atoms with Crippen LogP contribution < -0.4 is 10.1 Å². The Morgan fingerprint density at radius 2 is 1.80 bits per heavy atom. The first-order valence-electron chi connectivity index (χ1n) is 13.7. The maximum Gasteiger partial charge on any atom is 0.407 e. The molecule has 2 aliphatic rings. The number of nitrogens with zero attached hydrogens (tertiary/aromatic N) is 1. The lowest BCUT2D eigenvalue weighted by Gasteiger charge is -2.31. The fourth-order valence-electron chi connectivity index (χ4n) is 5.42. The normalized spacial score (nSPS) is 24.1. The lowest BCUT2D eigenvalue weighted by molar-refractivity contribution is 0.0426. The van der Waals surface area contributed by atoms with Crippen LogP contribution in [0.1, 0.15) is 32.3 Å². The second kappa shape index (κ2) is 13.3. The van der Waals surface area contributed by atoms with Gasteiger partial charge in [-0.25, -0.2) is 13.2 Å². The van der Waals surface area contributed by atoms with Crippen molar-refractivity contribution in [2.45, 2.75) is 68.5 Å². The number of methoxy groups -OCH3 is 1. The van der Waals surface area contributed by atoms with Gasteiger partial charge in [-0.2, -0.15) is 4.31 Å². The summed E-state index contributed by atoms with van der Waals surface area (Å²) in [7, 11) is -2.44. The van der Waals surface area contributed by atoms with Gasteiger partial charge in [0.15, 0.2) is 0 Å². The minimum absolute atomic E-state index is 0.00916. The second-order valence-corrected chi connectivity index (χ2v) is 12.9. The van der Waals surface area contributed by atoms with Crippen molar-refractivity contribution >= 4 is 16.1 Å². The number of rotatable bonds is 12. The number of hydrogen-bond acceptors (Lipinski definition) is 8. The van der Waals surface area contributed by atoms with Crippen molar-refractivity contribution in [1.29, 1.82) is 0 Å². The Morgan fingerprint density at radius 3 is 2.42 bits per heavy atom. The van der Waals surface area contributed by atoms with Gasteiger partial charge in [0, 0.05) is 25.4 Å². The zero-order valence-electron chi connectivity index (χ0n) is 23.2. The van der Waals surface area contributed by atoms with E-state index in [4.69, 9.17) is 14.2 Å². The van der Waals surface area contributed by atoms with Crippen LogP contribution in [0.4, 0.5) is 4.79 Å². The van der Waals surface area contributed by atoms with Crippen molar-refractivity contribution in [3.8, 4) is 5.75 Å². The van der Waals surface area contributed by atoms with Gasteiger partial charge in [-0.1, -0.05) is 44.2 Å². The summed E-state index contributed by atoms with van der Waals surface area (Å²) in [6.45, 7) is 4.06. The zero-order valence-corrected chi connectivity index (χ0v) is 24.0. The Balaban J connectivity index is 1.49. The number of alkyl carbamates (subject to hydrolysis) is 1. The number of amides is 1. The molecule has 1 saturated heterocycles. The van der Waals surface area contributed by atoms with Crippen LogP contribution in [-0.2, 0) is 25.9 Å². The number of fused-ring (bicyclic) bond motifs is 1. The molecule has 1 aliphatic carbocycles. The van der Waals surface area contributed by atoms with Crippen LogP contribution in [0.25, 0.3) is 0 Å². The van der Waals surface area contributed by atoms with Crippen molar-refractivity contribution < 1.29 is 37.6 Å². The van der Waals surface area contributed by atoms with Gasteiger partial charge in [0.1, 0.15) is 11.9 Å². The van der Waals surface area contributed by atoms with E-state index in [1.807, 2.05) is 44.2 Å². The highest BCUT2D eigenvalue weighted by Crippen LogP contribution is 2.37. The molecule has 220 valence electrons. The molecule has 40 heavy (non-hydrogen) atoms. The van der Waals surface area contributed by atoms with Crippen LogP contribution in [0.15, 0.2) is 59.5 Å². The van der Waals surface area contributed by atoms with Crippen LogP contribution in [0.5, 0.6) is 5.75 Å². The largest absolute Gasteiger partial charge is 0.497 e. The topological polar surface area (TPSA) is 135 Å². The van der Waals surface area contributed by atoms with E-state index >= 15 is 0 Å². The van der Waals surface area contributed by atoms with Crippen LogP contribution >= 0.6 is 0 Å². The van der Waals surface area contributed by atoms with Gasteiger partial charge in [-0.3, -0.25) is 0 Å². The molecule has 10 nitrogen and oxygen atoms in total. The molecular weight excluding hydrogens is 536 g/mol. The fourth-order valence-corrected chi connectivity index (χ4v) is 7.04. The Kier molecular flexibility index (Phi) is 10.1. The molecule has 1 aliphatic heterocycles. The third-order valence-electron chi connectivity index (χ3n) is 7.48. The van der Waals surface area contributed by atoms with Crippen molar-refractivity contribution in [2.24, 2.45) is 11.8 Å². The van der Waals surface area contributed by atoms with Crippen LogP contribution in [-0.4, -0.2) is 86.3 Å². The summed E-state index contributed by atoms with van der Waals surface area (Å²) in [6.07, 6.45) is -1.75. The molecule has 0 spiro atoms. The summed E-state index contributed by atoms with van der Waals surface area (Å²) in [6, 6.07) is 14.6. The summed E-state index contributed by atoms with van der Waals surface area (Å²) in [4.78, 5) is 13.0. The number of carbonyl (C=O) groups excluding carboxylic acids is 1. The average molecular weight is 577 g/mol. The maximum atomic E-state index is 13.6. The van der Waals surface area contributed by atoms with Gasteiger partial charge in [-0.15, -0.1) is 0 Å². The Bertz CT molecular complexity index is 1210. The van der Waals surface area contributed by atoms with Crippen LogP contribution in [0, 0.1) is 11.8 Å². The van der Waals surface area contributed by atoms with E-state index in [1.54, 1.807) is 12.1 Å². The van der Waals surface area contributed by atoms with Crippen molar-refractivity contribution in [3.05, 3.63) is 60.2 Å². The lowest BCUT2D eigenvalue weighted by Crippen LogP contribution is -2.51. The number of nitrogens with one attached hydrogen (secondary N) is 1. The van der Waals surface area contributed by atoms with Crippen molar-refractivity contribution in [2.75, 3.05) is 26.8 Å². The molecular formula is C29H40N2O8S. The SMILES string of the molecule is COc1ccc(S(=O)(=O)N(CC(C)C)C[C@@H](O)[C@H](Cc2ccccc2)NC(=O)O[C@@H]2C[C@@H]3[C@@H](O)CO[C@@H]3C2)cc1. The Hall–Kier alpha value is -2.70. The van der Waals surface area contributed by atoms with E-state index in [0.29, 0.717) is 25.2 Å². The maximum absolute atomic E-state index is 13.6. The molecule has 6 atom stereocenters. The van der Waals surface area contributed by atoms with Crippen LogP contribution in [0.3, 0.4) is 0 Å². The predicted octanol–water partition coefficient (Wildman–Crippen LogP) is 2.58. The van der Waals surface area contributed by atoms with Gasteiger partial charge in [0.05, 0.1) is 43.0 Å². The highest BCUT2D eigenvalue weighted by atomic mass is 32.2. The van der Waals surface area contributed by atoms with E-state index in [1.165, 1.54) is 23.5 Å². The number of aliphatic hydroxyl groups is 2. The molecule has 0 unspecified atom stereocenters. The van der Waals surface area contributed by atoms with E-state index in [2.05, 4.69) is 5.32 Å². The van der Waals surface area contributed by atoms with Gasteiger partial charge < -0.3 is 29.7 Å². The minimum atomic E-state index is -3.95. The summed E-state index contributed by atoms with van der Waals surface area (Å²) < 4.78 is 44.8. The van der Waals surface area contributed by atoms with E-state index < -0.39 is 40.5 Å². The highest BCUT2D eigenvalue weighted by Gasteiger charge is 2.45. The number of aliphatic hydroxyl groups excluding tert-OH is 2. The van der Waals surface area contributed by atoms with Crippen LogP contribution in [0.2, 0.25) is 0 Å². The quantitative estimate of drug-likeness (QED) is 0.351. The standard InChI is InChI=1S/C29H40N2O8S/c1-19(2)16-31(40(35,36)23-11-9-21(37-3)10-12-23)17-26(32)25(13-20-7-5-4-6-8-20)30-29(34)39-22-14-24-27(33)18-38-28(24)15-22/h4-12,19,22,24-28,32-33H,13-18H2,1-3H3,(H,30,34)/t22-,24-,25+,26-,27+,28-/m1/s1. The highest BCUT2D eigenvalue weighted by molar-refractivity contribution is 7.89. The van der Waals surface area contributed by atoms with Crippen molar-refractivity contribution in [3.63, 3.8) is 0 Å². The summed E-state index contributed by atoms with van der Waals surface area (Å²) >= 11 is 0. The molecule has 1 amide bonds. The van der Waals surface area contributed by atoms with Gasteiger partial charge in [0.25, 0.3) is 0 Å². The molecule has 2 fully saturated rings. The van der Waals surface area contributed by atoms with Gasteiger partial charge >= 0.3 is 6.09 Å². The summed E-state index contributed by atoms with van der Waals surface area (Å²) in [5, 5.41) is 24.2. The number of carbonyl (C=O) groups is 1. The number of hydrogen-bond donors (Lipinski definition) is 3. The molecule has 0 bridgehead atoms. The van der Waals surface area contributed by atoms with Gasteiger partial charge in [-0.05, 0) is 48.6 Å². The van der Waals surface area contributed by atoms with Crippen molar-refractivity contribution in [1.82, 2.24) is 9.62 Å². The number of sulfonamides is 1. The first kappa shape index (κ1) is 30.3. The monoisotopic (exact) mass is 576 g/mol. The lowest BCUT2D eigenvalue weighted by atomic mass is 10.0. The molecule has 0 radical (unpaired) electrons. The first-order chi connectivity index (χ1) is 19.1. The molecule has 1 saturated carbocycles. The molecule has 4 rings (SSSR count). The smallest absolute Gasteiger partial charge is 0.407 e. The van der Waals surface area contributed by atoms with E-state index in [9.17, 15) is 23.4 Å². The molecule has 1 heterocycles. The molecule has 3 N–H and O–H groups in total. The van der Waals surface area contributed by atoms with E-state index in [0.717, 1.165) is 5.56 Å². The fraction of sp³-hybridized carbons (Fsp3) is 0.552. The Morgan fingerprint density at radius 1 is 1.10 bits per heavy atom. The zero-order chi connectivity index (χ0) is 28.9. The Labute approximate surface area is 236 Å². The third kappa shape index (κ3) is 7.52. The van der Waals surface area contributed by atoms with Gasteiger partial charge in [0.2, 0.25) is 10.0 Å². The average Bonchev–Trinajstić information content (AvgIpc) is 3.48. The minimum Gasteiger partial charge on any atom is -0.497 e. The van der Waals surface area contributed by atoms with E-state index in [-0.39, 0.29) is 42.3 Å². The number of ether oxygens (including phenoxy) is 3. The molecule has 2 aromatic carbocycles. The molecule has 11 heteroatoms.